The molecule has 0 saturated carbocycles. The van der Waals surface area contributed by atoms with Crippen LogP contribution in [-0.2, 0) is 19.1 Å². The summed E-state index contributed by atoms with van der Waals surface area (Å²) >= 11 is 0. The molecule has 206 valence electrons. The fourth-order valence-corrected chi connectivity index (χ4v) is 4.62. The first-order valence-corrected chi connectivity index (χ1v) is 13.8. The summed E-state index contributed by atoms with van der Waals surface area (Å²) in [5.41, 5.74) is -1.48. The van der Waals surface area contributed by atoms with Gasteiger partial charge < -0.3 is 14.6 Å². The van der Waals surface area contributed by atoms with E-state index in [4.69, 9.17) is 9.47 Å². The molecule has 1 aromatic rings. The van der Waals surface area contributed by atoms with Gasteiger partial charge in [0.15, 0.2) is 0 Å². The largest absolute Gasteiger partial charge is 0.479 e. The second-order valence-corrected chi connectivity index (χ2v) is 9.95. The Bertz CT molecular complexity index is 857. The highest BCUT2D eigenvalue weighted by Gasteiger charge is 2.54. The number of amides is 1. The maximum atomic E-state index is 12.6. The monoisotopic (exact) mass is 517 g/mol. The molecule has 1 aliphatic rings. The second kappa shape index (κ2) is 16.8. The number of carboxylic acids is 1. The molecule has 2 atom stereocenters. The number of hydrogen-bond acceptors (Lipinski definition) is 6. The average Bonchev–Trinajstić information content (AvgIpc) is 3.30. The minimum atomic E-state index is -1.80. The van der Waals surface area contributed by atoms with Crippen LogP contribution in [0.15, 0.2) is 30.3 Å². The van der Waals surface area contributed by atoms with Crippen molar-refractivity contribution in [3.05, 3.63) is 35.9 Å². The number of Topliss-reactive ketones (excluding diaryl/α,β-unsaturated/α-hetero) is 1. The first-order valence-electron chi connectivity index (χ1n) is 13.8. The fourth-order valence-electron chi connectivity index (χ4n) is 4.62. The van der Waals surface area contributed by atoms with Crippen molar-refractivity contribution >= 4 is 23.8 Å². The number of alkyl carbamates (subject to hydrolysis) is 1. The van der Waals surface area contributed by atoms with Crippen LogP contribution < -0.4 is 5.32 Å². The lowest BCUT2D eigenvalue weighted by Gasteiger charge is -2.31. The Labute approximate surface area is 220 Å². The Kier molecular flexibility index (Phi) is 13.7. The van der Waals surface area contributed by atoms with Crippen LogP contribution in [-0.4, -0.2) is 47.2 Å². The van der Waals surface area contributed by atoms with Gasteiger partial charge in [-0.15, -0.1) is 0 Å². The Balaban J connectivity index is 1.69. The number of carboxylic acid groups (broad SMARTS) is 1. The van der Waals surface area contributed by atoms with Crippen LogP contribution in [0, 0.1) is 0 Å². The molecule has 0 spiro atoms. The molecule has 0 aromatic heterocycles. The molecular weight excluding hydrogens is 474 g/mol. The number of benzene rings is 1. The zero-order chi connectivity index (χ0) is 26.9. The summed E-state index contributed by atoms with van der Waals surface area (Å²) in [6.07, 6.45) is 12.2. The van der Waals surface area contributed by atoms with Gasteiger partial charge in [0.2, 0.25) is 5.54 Å². The van der Waals surface area contributed by atoms with Gasteiger partial charge in [0.25, 0.3) is 0 Å². The summed E-state index contributed by atoms with van der Waals surface area (Å²) in [7, 11) is 0. The van der Waals surface area contributed by atoms with Gasteiger partial charge in [0.05, 0.1) is 5.56 Å². The van der Waals surface area contributed by atoms with Crippen LogP contribution >= 0.6 is 0 Å². The Morgan fingerprint density at radius 1 is 0.919 bits per heavy atom. The van der Waals surface area contributed by atoms with Crippen LogP contribution in [0.25, 0.3) is 0 Å². The van der Waals surface area contributed by atoms with E-state index in [2.05, 4.69) is 12.2 Å². The van der Waals surface area contributed by atoms with Crippen LogP contribution in [0.1, 0.15) is 114 Å². The van der Waals surface area contributed by atoms with Gasteiger partial charge in [-0.2, -0.15) is 0 Å². The summed E-state index contributed by atoms with van der Waals surface area (Å²) in [5.74, 6) is -1.53. The number of unbranched alkanes of at least 4 members (excludes halogenated alkanes) is 10. The van der Waals surface area contributed by atoms with Gasteiger partial charge in [-0.1, -0.05) is 82.9 Å². The van der Waals surface area contributed by atoms with Gasteiger partial charge in [-0.3, -0.25) is 10.1 Å². The number of aliphatic carboxylic acids is 1. The molecule has 1 amide bonds. The van der Waals surface area contributed by atoms with Crippen molar-refractivity contribution in [2.24, 2.45) is 0 Å². The van der Waals surface area contributed by atoms with E-state index in [1.165, 1.54) is 12.8 Å². The van der Waals surface area contributed by atoms with Crippen molar-refractivity contribution < 1.29 is 33.8 Å². The highest BCUT2D eigenvalue weighted by atomic mass is 16.6. The van der Waals surface area contributed by atoms with Gasteiger partial charge >= 0.3 is 18.0 Å². The standard InChI is InChI=1S/C29H43NO7/c1-2-3-4-14-19-24(31)20-15-9-7-5-6-8-10-16-21-25(29(27(33)34)22-36-28(35)30-29)37-26(32)23-17-12-11-13-18-23/h11-13,17-18,25H,2-10,14-16,19-22H2,1H3,(H,30,35)(H,33,34)/t25-,29+/m1/s1. The van der Waals surface area contributed by atoms with E-state index in [-0.39, 0.29) is 0 Å². The van der Waals surface area contributed by atoms with Crippen LogP contribution in [0.5, 0.6) is 0 Å². The molecule has 1 fully saturated rings. The molecular formula is C29H43NO7. The molecule has 0 unspecified atom stereocenters. The third-order valence-electron chi connectivity index (χ3n) is 6.93. The maximum Gasteiger partial charge on any atom is 0.408 e. The Morgan fingerprint density at radius 2 is 1.49 bits per heavy atom. The molecule has 1 aliphatic heterocycles. The smallest absolute Gasteiger partial charge is 0.408 e. The number of carbonyl (C=O) groups is 4. The first kappa shape index (κ1) is 30.3. The zero-order valence-corrected chi connectivity index (χ0v) is 22.2. The van der Waals surface area contributed by atoms with Crippen LogP contribution in [0.4, 0.5) is 4.79 Å². The average molecular weight is 518 g/mol. The predicted molar refractivity (Wildman–Crippen MR) is 140 cm³/mol. The molecule has 0 bridgehead atoms. The van der Waals surface area contributed by atoms with Crippen LogP contribution in [0.2, 0.25) is 0 Å². The van der Waals surface area contributed by atoms with Crippen molar-refractivity contribution in [2.45, 2.75) is 115 Å². The van der Waals surface area contributed by atoms with E-state index in [1.54, 1.807) is 30.3 Å². The normalized spacial score (nSPS) is 17.6. The number of cyclic esters (lactones) is 1. The fraction of sp³-hybridized carbons (Fsp3) is 0.655. The molecule has 2 rings (SSSR count). The van der Waals surface area contributed by atoms with Crippen molar-refractivity contribution in [1.82, 2.24) is 5.32 Å². The van der Waals surface area contributed by atoms with E-state index in [9.17, 15) is 24.3 Å². The predicted octanol–water partition coefficient (Wildman–Crippen LogP) is 6.22. The third-order valence-corrected chi connectivity index (χ3v) is 6.93. The number of nitrogens with one attached hydrogen (secondary N) is 1. The first-order chi connectivity index (χ1) is 17.9. The van der Waals surface area contributed by atoms with E-state index in [1.807, 2.05) is 0 Å². The van der Waals surface area contributed by atoms with Gasteiger partial charge in [0, 0.05) is 12.8 Å². The summed E-state index contributed by atoms with van der Waals surface area (Å²) in [4.78, 5) is 48.3. The van der Waals surface area contributed by atoms with E-state index < -0.39 is 36.3 Å². The van der Waals surface area contributed by atoms with Crippen LogP contribution in [0.3, 0.4) is 0 Å². The minimum Gasteiger partial charge on any atom is -0.479 e. The molecule has 0 radical (unpaired) electrons. The van der Waals surface area contributed by atoms with Crippen molar-refractivity contribution in [1.29, 1.82) is 0 Å². The molecule has 8 nitrogen and oxygen atoms in total. The Hall–Kier alpha value is -2.90. The lowest BCUT2D eigenvalue weighted by atomic mass is 9.89. The van der Waals surface area contributed by atoms with Gasteiger partial charge in [0.1, 0.15) is 18.5 Å². The summed E-state index contributed by atoms with van der Waals surface area (Å²) in [6, 6.07) is 8.37. The van der Waals surface area contributed by atoms with Gasteiger partial charge in [-0.25, -0.2) is 14.4 Å². The summed E-state index contributed by atoms with van der Waals surface area (Å²) in [5, 5.41) is 12.2. The third kappa shape index (κ3) is 10.5. The Morgan fingerprint density at radius 3 is 2.03 bits per heavy atom. The van der Waals surface area contributed by atoms with Crippen molar-refractivity contribution in [3.8, 4) is 0 Å². The maximum absolute atomic E-state index is 12.6. The molecule has 1 heterocycles. The minimum absolute atomic E-state index is 0.300. The van der Waals surface area contributed by atoms with E-state index >= 15 is 0 Å². The quantitative estimate of drug-likeness (QED) is 0.156. The summed E-state index contributed by atoms with van der Waals surface area (Å²) < 4.78 is 10.5. The molecule has 0 aliphatic carbocycles. The number of ketones is 1. The molecule has 37 heavy (non-hydrogen) atoms. The molecule has 1 saturated heterocycles. The van der Waals surface area contributed by atoms with Gasteiger partial charge in [-0.05, 0) is 37.8 Å². The summed E-state index contributed by atoms with van der Waals surface area (Å²) in [6.45, 7) is 1.78. The number of carbonyl (C=O) groups excluding carboxylic acids is 3. The SMILES string of the molecule is CCCCCCC(=O)CCCCCCCCCC[C@@H](OC(=O)c1ccccc1)[C@]1(C(=O)O)COC(=O)N1. The van der Waals surface area contributed by atoms with Crippen molar-refractivity contribution in [2.75, 3.05) is 6.61 Å². The van der Waals surface area contributed by atoms with Crippen molar-refractivity contribution in [3.63, 3.8) is 0 Å². The molecule has 1 aromatic carbocycles. The lowest BCUT2D eigenvalue weighted by molar-refractivity contribution is -0.150. The molecule has 2 N–H and O–H groups in total. The van der Waals surface area contributed by atoms with E-state index in [0.717, 1.165) is 64.2 Å². The second-order valence-electron chi connectivity index (χ2n) is 9.95. The highest BCUT2D eigenvalue weighted by Crippen LogP contribution is 2.27. The topological polar surface area (TPSA) is 119 Å². The number of ether oxygens (including phenoxy) is 2. The molecule has 8 heteroatoms. The highest BCUT2D eigenvalue weighted by molar-refractivity contribution is 5.91. The number of hydrogen-bond donors (Lipinski definition) is 2. The number of rotatable bonds is 20. The lowest BCUT2D eigenvalue weighted by Crippen LogP contribution is -2.60. The van der Waals surface area contributed by atoms with E-state index in [0.29, 0.717) is 30.6 Å². The zero-order valence-electron chi connectivity index (χ0n) is 22.2. The number of esters is 1.